The molecule has 0 rings (SSSR count). The Labute approximate surface area is 129 Å². The summed E-state index contributed by atoms with van der Waals surface area (Å²) in [5.74, 6) is -0.385. The number of oxime groups is 3. The zero-order valence-corrected chi connectivity index (χ0v) is 13.2. The summed E-state index contributed by atoms with van der Waals surface area (Å²) in [5, 5.41) is 35.9. The van der Waals surface area contributed by atoms with E-state index in [1.54, 1.807) is 13.8 Å². The molecule has 0 aliphatic heterocycles. The molecule has 0 radical (unpaired) electrons. The van der Waals surface area contributed by atoms with Crippen LogP contribution in [0.5, 0.6) is 0 Å². The minimum atomic E-state index is -0.385. The van der Waals surface area contributed by atoms with Gasteiger partial charge in [0.15, 0.2) is 0 Å². The highest BCUT2D eigenvalue weighted by atomic mass is 16.5. The van der Waals surface area contributed by atoms with Crippen LogP contribution >= 0.6 is 0 Å². The van der Waals surface area contributed by atoms with E-state index < -0.39 is 0 Å². The maximum Gasteiger partial charge on any atom is 0.305 e. The number of carbonyl (C=O) groups is 1. The minimum Gasteiger partial charge on any atom is -0.469 e. The molecule has 126 valence electrons. The van der Waals surface area contributed by atoms with Crippen molar-refractivity contribution in [2.75, 3.05) is 26.7 Å². The molecule has 0 heterocycles. The SMILES string of the molecule is COC(=O)CC/C(CN(CC/C(C)=N/O)C/C(C)=N\O)=N\O. The molecule has 0 aliphatic rings. The van der Waals surface area contributed by atoms with Crippen LogP contribution in [0.2, 0.25) is 0 Å². The summed E-state index contributed by atoms with van der Waals surface area (Å²) in [6, 6.07) is 0. The van der Waals surface area contributed by atoms with Crippen molar-refractivity contribution in [1.82, 2.24) is 4.90 Å². The molecule has 0 spiro atoms. The Morgan fingerprint density at radius 1 is 0.955 bits per heavy atom. The molecule has 0 atom stereocenters. The molecule has 0 aromatic rings. The molecular weight excluding hydrogens is 292 g/mol. The molecule has 0 aromatic heterocycles. The zero-order valence-electron chi connectivity index (χ0n) is 13.2. The van der Waals surface area contributed by atoms with Crippen LogP contribution in [0.1, 0.15) is 33.1 Å². The van der Waals surface area contributed by atoms with Crippen LogP contribution in [0, 0.1) is 0 Å². The number of rotatable bonds is 10. The number of esters is 1. The summed E-state index contributed by atoms with van der Waals surface area (Å²) in [7, 11) is 1.29. The van der Waals surface area contributed by atoms with Crippen molar-refractivity contribution in [3.8, 4) is 0 Å². The topological polar surface area (TPSA) is 127 Å². The molecule has 9 heteroatoms. The van der Waals surface area contributed by atoms with Gasteiger partial charge >= 0.3 is 5.97 Å². The fourth-order valence-electron chi connectivity index (χ4n) is 1.71. The van der Waals surface area contributed by atoms with Gasteiger partial charge < -0.3 is 20.4 Å². The maximum absolute atomic E-state index is 11.1. The Kier molecular flexibility index (Phi) is 10.4. The van der Waals surface area contributed by atoms with E-state index in [0.29, 0.717) is 43.2 Å². The smallest absolute Gasteiger partial charge is 0.305 e. The lowest BCUT2D eigenvalue weighted by atomic mass is 10.1. The van der Waals surface area contributed by atoms with Gasteiger partial charge in [-0.3, -0.25) is 9.69 Å². The number of ether oxygens (including phenoxy) is 1. The van der Waals surface area contributed by atoms with Gasteiger partial charge in [0.05, 0.1) is 30.7 Å². The fourth-order valence-corrected chi connectivity index (χ4v) is 1.71. The predicted octanol–water partition coefficient (Wildman–Crippen LogP) is 1.16. The Bertz CT molecular complexity index is 434. The molecule has 0 amide bonds. The second-order valence-corrected chi connectivity index (χ2v) is 4.87. The van der Waals surface area contributed by atoms with Crippen molar-refractivity contribution < 1.29 is 25.2 Å². The van der Waals surface area contributed by atoms with Gasteiger partial charge in [0, 0.05) is 32.5 Å². The van der Waals surface area contributed by atoms with Gasteiger partial charge in [0.25, 0.3) is 0 Å². The lowest BCUT2D eigenvalue weighted by Gasteiger charge is -2.21. The average molecular weight is 316 g/mol. The molecular formula is C13H24N4O5. The molecule has 0 aliphatic carbocycles. The second kappa shape index (κ2) is 11.5. The molecule has 0 aromatic carbocycles. The van der Waals surface area contributed by atoms with Crippen molar-refractivity contribution in [2.24, 2.45) is 15.5 Å². The van der Waals surface area contributed by atoms with Crippen LogP contribution in [0.4, 0.5) is 0 Å². The summed E-state index contributed by atoms with van der Waals surface area (Å²) in [5.41, 5.74) is 1.46. The molecule has 3 N–H and O–H groups in total. The lowest BCUT2D eigenvalue weighted by molar-refractivity contribution is -0.140. The molecule has 9 nitrogen and oxygen atoms in total. The zero-order chi connectivity index (χ0) is 17.0. The third kappa shape index (κ3) is 8.90. The highest BCUT2D eigenvalue weighted by molar-refractivity contribution is 5.90. The Morgan fingerprint density at radius 3 is 2.09 bits per heavy atom. The van der Waals surface area contributed by atoms with Gasteiger partial charge in [-0.15, -0.1) is 0 Å². The van der Waals surface area contributed by atoms with Crippen molar-refractivity contribution in [1.29, 1.82) is 0 Å². The van der Waals surface area contributed by atoms with E-state index in [1.165, 1.54) is 7.11 Å². The average Bonchev–Trinajstić information content (AvgIpc) is 2.54. The van der Waals surface area contributed by atoms with Gasteiger partial charge in [0.2, 0.25) is 0 Å². The highest BCUT2D eigenvalue weighted by Crippen LogP contribution is 2.02. The van der Waals surface area contributed by atoms with Crippen molar-refractivity contribution >= 4 is 23.1 Å². The third-order valence-corrected chi connectivity index (χ3v) is 2.98. The van der Waals surface area contributed by atoms with Gasteiger partial charge in [-0.1, -0.05) is 15.5 Å². The first-order chi connectivity index (χ1) is 10.5. The summed E-state index contributed by atoms with van der Waals surface area (Å²) < 4.78 is 4.54. The van der Waals surface area contributed by atoms with E-state index in [1.807, 2.05) is 4.90 Å². The van der Waals surface area contributed by atoms with E-state index in [9.17, 15) is 4.79 Å². The normalized spacial score (nSPS) is 13.5. The summed E-state index contributed by atoms with van der Waals surface area (Å²) >= 11 is 0. The summed E-state index contributed by atoms with van der Waals surface area (Å²) in [6.45, 7) is 4.50. The van der Waals surface area contributed by atoms with Crippen molar-refractivity contribution in [3.05, 3.63) is 0 Å². The van der Waals surface area contributed by atoms with E-state index in [2.05, 4.69) is 20.2 Å². The first-order valence-electron chi connectivity index (χ1n) is 6.80. The summed E-state index contributed by atoms with van der Waals surface area (Å²) in [6.07, 6.45) is 0.890. The van der Waals surface area contributed by atoms with E-state index >= 15 is 0 Å². The number of carbonyl (C=O) groups excluding carboxylic acids is 1. The fraction of sp³-hybridized carbons (Fsp3) is 0.692. The van der Waals surface area contributed by atoms with Crippen molar-refractivity contribution in [2.45, 2.75) is 33.1 Å². The number of nitrogens with zero attached hydrogens (tertiary/aromatic N) is 4. The number of hydrogen-bond acceptors (Lipinski definition) is 9. The molecule has 0 unspecified atom stereocenters. The van der Waals surface area contributed by atoms with Gasteiger partial charge in [-0.25, -0.2) is 0 Å². The molecule has 0 saturated heterocycles. The molecule has 0 bridgehead atoms. The highest BCUT2D eigenvalue weighted by Gasteiger charge is 2.13. The van der Waals surface area contributed by atoms with Crippen molar-refractivity contribution in [3.63, 3.8) is 0 Å². The number of methoxy groups -OCH3 is 1. The van der Waals surface area contributed by atoms with Gasteiger partial charge in [-0.05, 0) is 13.8 Å². The predicted molar refractivity (Wildman–Crippen MR) is 81.3 cm³/mol. The van der Waals surface area contributed by atoms with Crippen LogP contribution in [0.25, 0.3) is 0 Å². The second-order valence-electron chi connectivity index (χ2n) is 4.87. The minimum absolute atomic E-state index is 0.119. The standard InChI is InChI=1S/C13H24N4O5/c1-10(14-19)6-7-17(8-11(2)15-20)9-12(16-21)4-5-13(18)22-3/h19-21H,4-9H2,1-3H3/b14-10+,15-11-,16-12+. The maximum atomic E-state index is 11.1. The largest absolute Gasteiger partial charge is 0.469 e. The molecule has 0 saturated carbocycles. The lowest BCUT2D eigenvalue weighted by Crippen LogP contribution is -2.35. The number of hydrogen-bond donors (Lipinski definition) is 3. The summed E-state index contributed by atoms with van der Waals surface area (Å²) in [4.78, 5) is 13.0. The first-order valence-corrected chi connectivity index (χ1v) is 6.80. The van der Waals surface area contributed by atoms with E-state index in [-0.39, 0.29) is 18.8 Å². The van der Waals surface area contributed by atoms with Gasteiger partial charge in [0.1, 0.15) is 0 Å². The van der Waals surface area contributed by atoms with Crippen LogP contribution < -0.4 is 0 Å². The Hall–Kier alpha value is -2.16. The van der Waals surface area contributed by atoms with Crippen LogP contribution in [0.15, 0.2) is 15.5 Å². The molecule has 0 fully saturated rings. The first kappa shape index (κ1) is 19.8. The van der Waals surface area contributed by atoms with E-state index in [4.69, 9.17) is 15.6 Å². The van der Waals surface area contributed by atoms with E-state index in [0.717, 1.165) is 0 Å². The van der Waals surface area contributed by atoms with Gasteiger partial charge in [-0.2, -0.15) is 0 Å². The monoisotopic (exact) mass is 316 g/mol. The Balaban J connectivity index is 4.67. The molecule has 22 heavy (non-hydrogen) atoms. The quantitative estimate of drug-likeness (QED) is 0.240. The third-order valence-electron chi connectivity index (χ3n) is 2.98. The Morgan fingerprint density at radius 2 is 1.59 bits per heavy atom. The van der Waals surface area contributed by atoms with Crippen LogP contribution in [-0.2, 0) is 9.53 Å². The van der Waals surface area contributed by atoms with Crippen LogP contribution in [0.3, 0.4) is 0 Å². The van der Waals surface area contributed by atoms with Crippen LogP contribution in [-0.4, -0.2) is 70.4 Å².